The Morgan fingerprint density at radius 2 is 1.95 bits per heavy atom. The first-order chi connectivity index (χ1) is 9.24. The predicted molar refractivity (Wildman–Crippen MR) is 78.0 cm³/mol. The summed E-state index contributed by atoms with van der Waals surface area (Å²) in [6.45, 7) is 2.45. The monoisotopic (exact) mass is 254 g/mol. The molecule has 1 saturated carbocycles. The number of phenols is 1. The summed E-state index contributed by atoms with van der Waals surface area (Å²) in [4.78, 5) is 0. The lowest BCUT2D eigenvalue weighted by Crippen LogP contribution is -2.23. The van der Waals surface area contributed by atoms with Crippen LogP contribution in [0.2, 0.25) is 0 Å². The van der Waals surface area contributed by atoms with Gasteiger partial charge in [0.1, 0.15) is 5.75 Å². The van der Waals surface area contributed by atoms with Crippen molar-refractivity contribution in [3.05, 3.63) is 34.9 Å². The molecule has 0 saturated heterocycles. The molecule has 0 aliphatic heterocycles. The summed E-state index contributed by atoms with van der Waals surface area (Å²) in [6, 6.07) is 5.98. The first-order valence-corrected chi connectivity index (χ1v) is 7.78. The minimum Gasteiger partial charge on any atom is -0.508 e. The van der Waals surface area contributed by atoms with Crippen LogP contribution in [-0.2, 0) is 6.42 Å². The van der Waals surface area contributed by atoms with Crippen LogP contribution in [0.3, 0.4) is 0 Å². The van der Waals surface area contributed by atoms with E-state index in [0.29, 0.717) is 5.75 Å². The first kappa shape index (κ1) is 11.6. The molecule has 1 fully saturated rings. The van der Waals surface area contributed by atoms with Crippen molar-refractivity contribution in [3.63, 3.8) is 0 Å². The Morgan fingerprint density at radius 1 is 1.05 bits per heavy atom. The van der Waals surface area contributed by atoms with Gasteiger partial charge in [-0.25, -0.2) is 0 Å². The Hall–Kier alpha value is -1.24. The van der Waals surface area contributed by atoms with Crippen LogP contribution < -0.4 is 0 Å². The van der Waals surface area contributed by atoms with Gasteiger partial charge in [-0.05, 0) is 85.1 Å². The van der Waals surface area contributed by atoms with Crippen LogP contribution in [0.1, 0.15) is 50.2 Å². The Balaban J connectivity index is 1.80. The van der Waals surface area contributed by atoms with E-state index in [1.54, 1.807) is 11.1 Å². The average molecular weight is 254 g/mol. The molecule has 4 rings (SSSR count). The summed E-state index contributed by atoms with van der Waals surface area (Å²) in [5, 5.41) is 9.65. The maximum atomic E-state index is 9.65. The molecule has 1 aromatic rings. The van der Waals surface area contributed by atoms with E-state index in [1.807, 2.05) is 12.1 Å². The molecule has 2 unspecified atom stereocenters. The molecule has 1 nitrogen and oxygen atoms in total. The van der Waals surface area contributed by atoms with Crippen molar-refractivity contribution in [2.75, 3.05) is 0 Å². The molecule has 3 aliphatic rings. The number of benzene rings is 1. The molecule has 19 heavy (non-hydrogen) atoms. The maximum Gasteiger partial charge on any atom is 0.115 e. The minimum atomic E-state index is 0.422. The smallest absolute Gasteiger partial charge is 0.115 e. The van der Waals surface area contributed by atoms with Crippen molar-refractivity contribution in [3.8, 4) is 5.75 Å². The predicted octanol–water partition coefficient (Wildman–Crippen LogP) is 4.55. The number of hydrogen-bond donors (Lipinski definition) is 1. The van der Waals surface area contributed by atoms with Gasteiger partial charge in [-0.2, -0.15) is 0 Å². The van der Waals surface area contributed by atoms with E-state index >= 15 is 0 Å². The lowest BCUT2D eigenvalue weighted by molar-refractivity contribution is 0.321. The second-order valence-corrected chi connectivity index (χ2v) is 6.71. The third-order valence-electron chi connectivity index (χ3n) is 5.82. The van der Waals surface area contributed by atoms with Crippen molar-refractivity contribution in [1.82, 2.24) is 0 Å². The fourth-order valence-corrected chi connectivity index (χ4v) is 4.88. The highest BCUT2D eigenvalue weighted by atomic mass is 16.3. The molecule has 1 heteroatoms. The van der Waals surface area contributed by atoms with E-state index in [9.17, 15) is 5.11 Å². The summed E-state index contributed by atoms with van der Waals surface area (Å²) >= 11 is 0. The summed E-state index contributed by atoms with van der Waals surface area (Å²) < 4.78 is 0. The number of aryl methyl sites for hydroxylation is 1. The van der Waals surface area contributed by atoms with Crippen LogP contribution in [0.5, 0.6) is 5.75 Å². The quantitative estimate of drug-likeness (QED) is 0.720. The molecule has 1 aromatic carbocycles. The summed E-state index contributed by atoms with van der Waals surface area (Å²) in [5.41, 5.74) is 6.22. The largest absolute Gasteiger partial charge is 0.508 e. The molecule has 0 amide bonds. The molecule has 0 spiro atoms. The van der Waals surface area contributed by atoms with Crippen molar-refractivity contribution < 1.29 is 5.11 Å². The lowest BCUT2D eigenvalue weighted by atomic mass is 9.69. The Kier molecular flexibility index (Phi) is 2.51. The van der Waals surface area contributed by atoms with Crippen LogP contribution in [-0.4, -0.2) is 5.11 Å². The third-order valence-corrected chi connectivity index (χ3v) is 5.82. The lowest BCUT2D eigenvalue weighted by Gasteiger charge is -2.36. The second-order valence-electron chi connectivity index (χ2n) is 6.71. The van der Waals surface area contributed by atoms with E-state index in [-0.39, 0.29) is 0 Å². The Morgan fingerprint density at radius 3 is 2.84 bits per heavy atom. The number of allylic oxidation sites excluding steroid dienone is 2. The molecule has 3 aliphatic carbocycles. The van der Waals surface area contributed by atoms with E-state index in [4.69, 9.17) is 0 Å². The van der Waals surface area contributed by atoms with E-state index in [1.165, 1.54) is 43.2 Å². The number of phenolic OH excluding ortho intramolecular Hbond substituents is 1. The Labute approximate surface area is 115 Å². The van der Waals surface area contributed by atoms with Gasteiger partial charge in [0.15, 0.2) is 0 Å². The SMILES string of the molecule is C[C@H]1CCC2C3=C(CCC21)c1ccc(O)cc1CC3. The summed E-state index contributed by atoms with van der Waals surface area (Å²) in [6.07, 6.45) is 7.84. The molecule has 0 aromatic heterocycles. The van der Waals surface area contributed by atoms with Crippen LogP contribution >= 0.6 is 0 Å². The molecule has 0 heterocycles. The molecule has 0 bridgehead atoms. The van der Waals surface area contributed by atoms with E-state index in [0.717, 1.165) is 24.2 Å². The third kappa shape index (κ3) is 1.67. The molecular formula is C18H22O. The van der Waals surface area contributed by atoms with Crippen molar-refractivity contribution >= 4 is 5.57 Å². The number of hydrogen-bond acceptors (Lipinski definition) is 1. The zero-order valence-electron chi connectivity index (χ0n) is 11.7. The standard InChI is InChI=1S/C18H22O/c1-11-2-5-16-14(11)8-9-17-15-7-4-13(19)10-12(15)3-6-18(16)17/h4,7,10-11,14,16,19H,2-3,5-6,8-9H2,1H3/t11-,14?,16?/m0/s1. The van der Waals surface area contributed by atoms with Gasteiger partial charge in [0, 0.05) is 0 Å². The second kappa shape index (κ2) is 4.13. The van der Waals surface area contributed by atoms with Gasteiger partial charge in [-0.15, -0.1) is 0 Å². The van der Waals surface area contributed by atoms with E-state index < -0.39 is 0 Å². The molecule has 3 atom stereocenters. The fourth-order valence-electron chi connectivity index (χ4n) is 4.88. The summed E-state index contributed by atoms with van der Waals surface area (Å²) in [5.74, 6) is 3.18. The van der Waals surface area contributed by atoms with Gasteiger partial charge >= 0.3 is 0 Å². The van der Waals surface area contributed by atoms with Crippen LogP contribution in [0.25, 0.3) is 5.57 Å². The number of rotatable bonds is 0. The highest BCUT2D eigenvalue weighted by Gasteiger charge is 2.40. The minimum absolute atomic E-state index is 0.422. The van der Waals surface area contributed by atoms with Gasteiger partial charge in [-0.1, -0.05) is 18.6 Å². The molecule has 1 N–H and O–H groups in total. The van der Waals surface area contributed by atoms with Gasteiger partial charge in [0.2, 0.25) is 0 Å². The normalized spacial score (nSPS) is 32.8. The van der Waals surface area contributed by atoms with Gasteiger partial charge in [0.25, 0.3) is 0 Å². The zero-order chi connectivity index (χ0) is 13.0. The molecule has 100 valence electrons. The van der Waals surface area contributed by atoms with Crippen LogP contribution in [0.15, 0.2) is 23.8 Å². The summed E-state index contributed by atoms with van der Waals surface area (Å²) in [7, 11) is 0. The van der Waals surface area contributed by atoms with Crippen molar-refractivity contribution in [2.24, 2.45) is 17.8 Å². The molecule has 0 radical (unpaired) electrons. The Bertz CT molecular complexity index is 555. The van der Waals surface area contributed by atoms with Crippen LogP contribution in [0.4, 0.5) is 0 Å². The maximum absolute atomic E-state index is 9.65. The van der Waals surface area contributed by atoms with Gasteiger partial charge < -0.3 is 5.11 Å². The topological polar surface area (TPSA) is 20.2 Å². The molecular weight excluding hydrogens is 232 g/mol. The zero-order valence-corrected chi connectivity index (χ0v) is 11.7. The highest BCUT2D eigenvalue weighted by Crippen LogP contribution is 2.53. The average Bonchev–Trinajstić information content (AvgIpc) is 2.80. The van der Waals surface area contributed by atoms with Crippen molar-refractivity contribution in [1.29, 1.82) is 0 Å². The fraction of sp³-hybridized carbons (Fsp3) is 0.556. The van der Waals surface area contributed by atoms with E-state index in [2.05, 4.69) is 13.0 Å². The van der Waals surface area contributed by atoms with Gasteiger partial charge in [0.05, 0.1) is 0 Å². The first-order valence-electron chi connectivity index (χ1n) is 7.78. The highest BCUT2D eigenvalue weighted by molar-refractivity contribution is 5.75. The van der Waals surface area contributed by atoms with Gasteiger partial charge in [-0.3, -0.25) is 0 Å². The van der Waals surface area contributed by atoms with Crippen molar-refractivity contribution in [2.45, 2.75) is 45.4 Å². The number of fused-ring (bicyclic) bond motifs is 4. The van der Waals surface area contributed by atoms with Crippen LogP contribution in [0, 0.1) is 17.8 Å². The number of aromatic hydroxyl groups is 1.